The van der Waals surface area contributed by atoms with Crippen LogP contribution in [0, 0.1) is 0 Å². The molecule has 0 aromatic rings. The first-order valence-corrected chi connectivity index (χ1v) is 33.9. The average molecular weight is 1090 g/mol. The molecule has 0 aromatic carbocycles. The number of ether oxygens (including phenoxy) is 3. The van der Waals surface area contributed by atoms with E-state index < -0.39 is 6.10 Å². The van der Waals surface area contributed by atoms with E-state index in [1.165, 1.54) is 205 Å². The number of carbonyl (C=O) groups excluding carboxylic acids is 3. The maximum atomic E-state index is 12.9. The number of unbranched alkanes of at least 4 members (excludes halogenated alkanes) is 39. The van der Waals surface area contributed by atoms with E-state index in [4.69, 9.17) is 14.2 Å². The van der Waals surface area contributed by atoms with Gasteiger partial charge in [-0.2, -0.15) is 0 Å². The summed E-state index contributed by atoms with van der Waals surface area (Å²) < 4.78 is 16.9. The Hall–Kier alpha value is -3.15. The van der Waals surface area contributed by atoms with Crippen molar-refractivity contribution in [2.45, 2.75) is 354 Å². The minimum atomic E-state index is -0.779. The minimum absolute atomic E-state index is 0.0757. The Morgan fingerprint density at radius 2 is 0.500 bits per heavy atom. The van der Waals surface area contributed by atoms with Crippen molar-refractivity contribution in [2.24, 2.45) is 0 Å². The molecule has 0 bridgehead atoms. The number of hydrogen-bond donors (Lipinski definition) is 0. The fraction of sp³-hybridized carbons (Fsp3) is 0.792. The lowest BCUT2D eigenvalue weighted by atomic mass is 10.0. The summed E-state index contributed by atoms with van der Waals surface area (Å²) in [4.78, 5) is 38.3. The minimum Gasteiger partial charge on any atom is -0.462 e. The molecule has 6 nitrogen and oxygen atoms in total. The van der Waals surface area contributed by atoms with E-state index in [9.17, 15) is 14.4 Å². The van der Waals surface area contributed by atoms with Gasteiger partial charge in [0.15, 0.2) is 6.10 Å². The molecule has 0 spiro atoms. The van der Waals surface area contributed by atoms with Crippen LogP contribution in [0.2, 0.25) is 0 Å². The van der Waals surface area contributed by atoms with Gasteiger partial charge in [0.1, 0.15) is 13.2 Å². The molecular weight excluding hydrogens is 961 g/mol. The topological polar surface area (TPSA) is 78.9 Å². The number of hydrogen-bond acceptors (Lipinski definition) is 6. The zero-order chi connectivity index (χ0) is 56.4. The Bertz CT molecular complexity index is 1440. The Balaban J connectivity index is 4.23. The van der Waals surface area contributed by atoms with Gasteiger partial charge in [-0.1, -0.05) is 331 Å². The lowest BCUT2D eigenvalue weighted by Gasteiger charge is -2.18. The average Bonchev–Trinajstić information content (AvgIpc) is 3.44. The number of carbonyl (C=O) groups is 3. The monoisotopic (exact) mass is 1090 g/mol. The van der Waals surface area contributed by atoms with Gasteiger partial charge in [0.05, 0.1) is 0 Å². The number of allylic oxidation sites excluding steroid dienone is 12. The molecule has 0 aliphatic heterocycles. The van der Waals surface area contributed by atoms with Crippen LogP contribution in [-0.4, -0.2) is 37.2 Å². The maximum Gasteiger partial charge on any atom is 0.306 e. The van der Waals surface area contributed by atoms with Gasteiger partial charge in [-0.3, -0.25) is 14.4 Å². The first-order valence-electron chi connectivity index (χ1n) is 33.9. The van der Waals surface area contributed by atoms with E-state index in [-0.39, 0.29) is 31.1 Å². The SMILES string of the molecule is CC/C=C\C/C=C\C/C=C\C/C=C\C/C=C\C/C=C\CCCCCCCCC(=O)OCC(COC(=O)CCCCCCCCCCCC)OC(=O)CCCCCCCCCCCCCCCCCCCCCCCCCCC. The molecule has 0 aliphatic carbocycles. The molecule has 0 heterocycles. The molecule has 0 saturated carbocycles. The van der Waals surface area contributed by atoms with Crippen LogP contribution in [0.4, 0.5) is 0 Å². The zero-order valence-corrected chi connectivity index (χ0v) is 51.9. The quantitative estimate of drug-likeness (QED) is 0.0261. The second-order valence-electron chi connectivity index (χ2n) is 22.7. The predicted molar refractivity (Wildman–Crippen MR) is 339 cm³/mol. The number of rotatable bonds is 62. The van der Waals surface area contributed by atoms with Crippen LogP contribution in [0.5, 0.6) is 0 Å². The highest BCUT2D eigenvalue weighted by Crippen LogP contribution is 2.18. The summed E-state index contributed by atoms with van der Waals surface area (Å²) in [6.07, 6.45) is 86.4. The molecule has 78 heavy (non-hydrogen) atoms. The van der Waals surface area contributed by atoms with Crippen molar-refractivity contribution in [3.05, 3.63) is 72.9 Å². The number of esters is 3. The van der Waals surface area contributed by atoms with Gasteiger partial charge in [-0.15, -0.1) is 0 Å². The third-order valence-corrected chi connectivity index (χ3v) is 15.0. The molecule has 0 rings (SSSR count). The van der Waals surface area contributed by atoms with Crippen molar-refractivity contribution in [1.82, 2.24) is 0 Å². The molecule has 0 radical (unpaired) electrons. The zero-order valence-electron chi connectivity index (χ0n) is 51.9. The molecule has 0 aromatic heterocycles. The fourth-order valence-electron chi connectivity index (χ4n) is 9.92. The Morgan fingerprint density at radius 3 is 0.782 bits per heavy atom. The highest BCUT2D eigenvalue weighted by atomic mass is 16.6. The summed E-state index contributed by atoms with van der Waals surface area (Å²) in [6.45, 7) is 6.55. The van der Waals surface area contributed by atoms with E-state index in [1.807, 2.05) is 0 Å². The third-order valence-electron chi connectivity index (χ3n) is 15.0. The summed E-state index contributed by atoms with van der Waals surface area (Å²) in [7, 11) is 0. The molecule has 0 saturated heterocycles. The summed E-state index contributed by atoms with van der Waals surface area (Å²) in [5, 5.41) is 0. The van der Waals surface area contributed by atoms with Gasteiger partial charge < -0.3 is 14.2 Å². The highest BCUT2D eigenvalue weighted by molar-refractivity contribution is 5.71. The van der Waals surface area contributed by atoms with Gasteiger partial charge in [0.2, 0.25) is 0 Å². The second kappa shape index (κ2) is 66.4. The lowest BCUT2D eigenvalue weighted by Crippen LogP contribution is -2.30. The van der Waals surface area contributed by atoms with Crippen LogP contribution in [0.1, 0.15) is 348 Å². The van der Waals surface area contributed by atoms with Gasteiger partial charge >= 0.3 is 17.9 Å². The second-order valence-corrected chi connectivity index (χ2v) is 22.7. The summed E-state index contributed by atoms with van der Waals surface area (Å²) in [5.41, 5.74) is 0. The molecular formula is C72H128O6. The van der Waals surface area contributed by atoms with Crippen LogP contribution in [0.25, 0.3) is 0 Å². The molecule has 452 valence electrons. The van der Waals surface area contributed by atoms with Crippen molar-refractivity contribution >= 4 is 17.9 Å². The molecule has 0 fully saturated rings. The lowest BCUT2D eigenvalue weighted by molar-refractivity contribution is -0.167. The van der Waals surface area contributed by atoms with Crippen LogP contribution >= 0.6 is 0 Å². The van der Waals surface area contributed by atoms with Crippen molar-refractivity contribution in [1.29, 1.82) is 0 Å². The summed E-state index contributed by atoms with van der Waals surface area (Å²) in [5.74, 6) is -0.873. The van der Waals surface area contributed by atoms with Crippen LogP contribution in [0.15, 0.2) is 72.9 Å². The first-order chi connectivity index (χ1) is 38.5. The van der Waals surface area contributed by atoms with Gasteiger partial charge in [-0.05, 0) is 70.6 Å². The molecule has 0 amide bonds. The maximum absolute atomic E-state index is 12.9. The largest absolute Gasteiger partial charge is 0.462 e. The standard InChI is InChI=1S/C72H128O6/c1-4-7-10-13-16-19-22-24-26-28-30-32-34-36-38-40-42-44-46-48-50-53-56-59-62-65-71(74)77-68-69(67-76-70(73)64-61-58-55-52-21-18-15-12-9-6-3)78-72(75)66-63-60-57-54-51-49-47-45-43-41-39-37-35-33-31-29-27-25-23-20-17-14-11-8-5-2/h7,10,16,19,24,26,30,32,36,38,42,44,69H,4-6,8-9,11-15,17-18,20-23,25,27-29,31,33-35,37,39-41,43,45-68H2,1-3H3/b10-7-,19-16-,26-24-,32-30-,38-36-,44-42-. The molecule has 1 unspecified atom stereocenters. The Labute approximate surface area is 484 Å². The van der Waals surface area contributed by atoms with Gasteiger partial charge in [0, 0.05) is 19.3 Å². The van der Waals surface area contributed by atoms with E-state index in [1.54, 1.807) is 0 Å². The van der Waals surface area contributed by atoms with Crippen molar-refractivity contribution in [3.8, 4) is 0 Å². The smallest absolute Gasteiger partial charge is 0.306 e. The van der Waals surface area contributed by atoms with Crippen LogP contribution in [-0.2, 0) is 28.6 Å². The van der Waals surface area contributed by atoms with E-state index in [2.05, 4.69) is 93.7 Å². The highest BCUT2D eigenvalue weighted by Gasteiger charge is 2.19. The van der Waals surface area contributed by atoms with Crippen LogP contribution < -0.4 is 0 Å². The molecule has 0 N–H and O–H groups in total. The Kier molecular flexibility index (Phi) is 63.7. The fourth-order valence-corrected chi connectivity index (χ4v) is 9.92. The Morgan fingerprint density at radius 1 is 0.269 bits per heavy atom. The van der Waals surface area contributed by atoms with Crippen molar-refractivity contribution in [3.63, 3.8) is 0 Å². The molecule has 0 aliphatic rings. The van der Waals surface area contributed by atoms with E-state index >= 15 is 0 Å². The molecule has 6 heteroatoms. The van der Waals surface area contributed by atoms with E-state index in [0.29, 0.717) is 19.3 Å². The third kappa shape index (κ3) is 63.7. The normalized spacial score (nSPS) is 12.5. The first kappa shape index (κ1) is 74.8. The van der Waals surface area contributed by atoms with Crippen molar-refractivity contribution in [2.75, 3.05) is 13.2 Å². The predicted octanol–water partition coefficient (Wildman–Crippen LogP) is 23.3. The van der Waals surface area contributed by atoms with Crippen LogP contribution in [0.3, 0.4) is 0 Å². The van der Waals surface area contributed by atoms with Gasteiger partial charge in [0.25, 0.3) is 0 Å². The summed E-state index contributed by atoms with van der Waals surface area (Å²) in [6, 6.07) is 0. The summed E-state index contributed by atoms with van der Waals surface area (Å²) >= 11 is 0. The molecule has 1 atom stereocenters. The van der Waals surface area contributed by atoms with Crippen molar-refractivity contribution < 1.29 is 28.6 Å². The van der Waals surface area contributed by atoms with E-state index in [0.717, 1.165) is 103 Å². The van der Waals surface area contributed by atoms with Gasteiger partial charge in [-0.25, -0.2) is 0 Å².